The minimum absolute atomic E-state index is 0.143. The minimum Gasteiger partial charge on any atom is -0.351 e. The molecule has 1 aromatic carbocycles. The van der Waals surface area contributed by atoms with E-state index < -0.39 is 17.6 Å². The Morgan fingerprint density at radius 1 is 1.45 bits per heavy atom. The summed E-state index contributed by atoms with van der Waals surface area (Å²) in [4.78, 5) is 12.1. The number of hydrogen-bond donors (Lipinski definition) is 1. The molecule has 1 amide bonds. The number of hydrogen-bond acceptors (Lipinski definition) is 3. The van der Waals surface area contributed by atoms with Crippen LogP contribution in [0.4, 0.5) is 17.6 Å². The molecule has 1 unspecified atom stereocenters. The summed E-state index contributed by atoms with van der Waals surface area (Å²) in [6.45, 7) is 2.33. The predicted molar refractivity (Wildman–Crippen MR) is 76.5 cm³/mol. The SMILES string of the molecule is CCN1SCCC1C(=O)NCc1ccc(F)cc1C(F)(F)F. The lowest BCUT2D eigenvalue weighted by atomic mass is 10.1. The summed E-state index contributed by atoms with van der Waals surface area (Å²) in [7, 11) is 0. The predicted octanol–water partition coefficient (Wildman–Crippen LogP) is 3.20. The van der Waals surface area contributed by atoms with Gasteiger partial charge in [-0.25, -0.2) is 8.70 Å². The van der Waals surface area contributed by atoms with E-state index in [0.29, 0.717) is 19.0 Å². The van der Waals surface area contributed by atoms with Crippen LogP contribution in [0, 0.1) is 5.82 Å². The van der Waals surface area contributed by atoms with Gasteiger partial charge in [0.2, 0.25) is 5.91 Å². The van der Waals surface area contributed by atoms with Crippen molar-refractivity contribution in [2.75, 3.05) is 12.3 Å². The normalized spacial score (nSPS) is 19.4. The van der Waals surface area contributed by atoms with Crippen LogP contribution in [-0.4, -0.2) is 28.6 Å². The van der Waals surface area contributed by atoms with Crippen molar-refractivity contribution >= 4 is 17.9 Å². The van der Waals surface area contributed by atoms with Crippen LogP contribution in [0.2, 0.25) is 0 Å². The van der Waals surface area contributed by atoms with Crippen molar-refractivity contribution in [3.8, 4) is 0 Å². The molecule has 1 heterocycles. The molecule has 0 aliphatic carbocycles. The summed E-state index contributed by atoms with van der Waals surface area (Å²) in [5.41, 5.74) is -1.20. The van der Waals surface area contributed by atoms with Gasteiger partial charge in [0, 0.05) is 18.8 Å². The van der Waals surface area contributed by atoms with E-state index in [9.17, 15) is 22.4 Å². The smallest absolute Gasteiger partial charge is 0.351 e. The van der Waals surface area contributed by atoms with E-state index in [1.807, 2.05) is 11.2 Å². The molecule has 2 rings (SSSR count). The molecule has 8 heteroatoms. The molecular formula is C14H16F4N2OS. The summed E-state index contributed by atoms with van der Waals surface area (Å²) in [5, 5.41) is 2.52. The van der Waals surface area contributed by atoms with Gasteiger partial charge in [-0.05, 0) is 24.1 Å². The number of carbonyl (C=O) groups excluding carboxylic acids is 1. The maximum atomic E-state index is 13.0. The largest absolute Gasteiger partial charge is 0.416 e. The van der Waals surface area contributed by atoms with Crippen LogP contribution in [0.15, 0.2) is 18.2 Å². The van der Waals surface area contributed by atoms with Crippen molar-refractivity contribution in [3.05, 3.63) is 35.1 Å². The highest BCUT2D eigenvalue weighted by atomic mass is 32.2. The van der Waals surface area contributed by atoms with Gasteiger partial charge in [0.15, 0.2) is 0 Å². The fourth-order valence-electron chi connectivity index (χ4n) is 2.36. The maximum Gasteiger partial charge on any atom is 0.416 e. The molecule has 1 saturated heterocycles. The van der Waals surface area contributed by atoms with E-state index in [0.717, 1.165) is 17.9 Å². The summed E-state index contributed by atoms with van der Waals surface area (Å²) in [6, 6.07) is 2.13. The van der Waals surface area contributed by atoms with E-state index in [1.54, 1.807) is 11.9 Å². The van der Waals surface area contributed by atoms with E-state index >= 15 is 0 Å². The molecule has 1 fully saturated rings. The first-order valence-corrected chi connectivity index (χ1v) is 7.80. The van der Waals surface area contributed by atoms with Gasteiger partial charge in [-0.2, -0.15) is 13.2 Å². The first-order valence-electron chi connectivity index (χ1n) is 6.85. The second-order valence-corrected chi connectivity index (χ2v) is 6.02. The lowest BCUT2D eigenvalue weighted by Crippen LogP contribution is -2.41. The molecule has 1 aliphatic rings. The van der Waals surface area contributed by atoms with Gasteiger partial charge < -0.3 is 5.32 Å². The number of benzene rings is 1. The number of halogens is 4. The van der Waals surface area contributed by atoms with Crippen LogP contribution in [0.25, 0.3) is 0 Å². The lowest BCUT2D eigenvalue weighted by molar-refractivity contribution is -0.138. The second kappa shape index (κ2) is 6.87. The van der Waals surface area contributed by atoms with Crippen LogP contribution in [0.1, 0.15) is 24.5 Å². The molecule has 0 radical (unpaired) electrons. The van der Waals surface area contributed by atoms with E-state index in [4.69, 9.17) is 0 Å². The molecule has 0 saturated carbocycles. The summed E-state index contributed by atoms with van der Waals surface area (Å²) in [5.74, 6) is -0.438. The number of nitrogens with zero attached hydrogens (tertiary/aromatic N) is 1. The first kappa shape index (κ1) is 17.1. The van der Waals surface area contributed by atoms with E-state index in [1.165, 1.54) is 0 Å². The Kier molecular flexibility index (Phi) is 5.33. The van der Waals surface area contributed by atoms with Gasteiger partial charge in [-0.3, -0.25) is 4.79 Å². The second-order valence-electron chi connectivity index (χ2n) is 4.89. The number of amides is 1. The van der Waals surface area contributed by atoms with Crippen molar-refractivity contribution in [1.29, 1.82) is 0 Å². The fraction of sp³-hybridized carbons (Fsp3) is 0.500. The van der Waals surface area contributed by atoms with Crippen molar-refractivity contribution < 1.29 is 22.4 Å². The minimum atomic E-state index is -4.65. The van der Waals surface area contributed by atoms with E-state index in [-0.39, 0.29) is 24.1 Å². The Morgan fingerprint density at radius 3 is 2.82 bits per heavy atom. The lowest BCUT2D eigenvalue weighted by Gasteiger charge is -2.21. The Balaban J connectivity index is 2.07. The standard InChI is InChI=1S/C14H16F4N2OS/c1-2-20-12(5-6-22-20)13(21)19-8-9-3-4-10(15)7-11(9)14(16,17)18/h3-4,7,12H,2,5-6,8H2,1H3,(H,19,21). The molecule has 3 nitrogen and oxygen atoms in total. The van der Waals surface area contributed by atoms with Crippen molar-refractivity contribution in [2.45, 2.75) is 32.1 Å². The quantitative estimate of drug-likeness (QED) is 0.677. The monoisotopic (exact) mass is 336 g/mol. The average Bonchev–Trinajstić information content (AvgIpc) is 2.93. The number of likely N-dealkylation sites (N-methyl/N-ethyl adjacent to an activating group) is 1. The van der Waals surface area contributed by atoms with Gasteiger partial charge in [-0.1, -0.05) is 24.9 Å². The molecular weight excluding hydrogens is 320 g/mol. The van der Waals surface area contributed by atoms with Gasteiger partial charge in [0.25, 0.3) is 0 Å². The number of nitrogens with one attached hydrogen (secondary N) is 1. The highest BCUT2D eigenvalue weighted by Gasteiger charge is 2.34. The Bertz CT molecular complexity index is 550. The van der Waals surface area contributed by atoms with Crippen molar-refractivity contribution in [1.82, 2.24) is 9.62 Å². The topological polar surface area (TPSA) is 32.3 Å². The average molecular weight is 336 g/mol. The maximum absolute atomic E-state index is 13.0. The number of rotatable bonds is 4. The summed E-state index contributed by atoms with van der Waals surface area (Å²) in [6.07, 6.45) is -3.99. The van der Waals surface area contributed by atoms with Crippen LogP contribution in [-0.2, 0) is 17.5 Å². The molecule has 0 aromatic heterocycles. The molecule has 1 aromatic rings. The molecule has 22 heavy (non-hydrogen) atoms. The molecule has 1 aliphatic heterocycles. The highest BCUT2D eigenvalue weighted by Crippen LogP contribution is 2.32. The van der Waals surface area contributed by atoms with Crippen molar-refractivity contribution in [2.24, 2.45) is 0 Å². The Morgan fingerprint density at radius 2 is 2.18 bits per heavy atom. The highest BCUT2D eigenvalue weighted by molar-refractivity contribution is 7.97. The third-order valence-electron chi connectivity index (χ3n) is 3.44. The third-order valence-corrected chi connectivity index (χ3v) is 4.70. The molecule has 0 spiro atoms. The zero-order chi connectivity index (χ0) is 16.3. The first-order chi connectivity index (χ1) is 10.3. The zero-order valence-corrected chi connectivity index (χ0v) is 12.7. The van der Waals surface area contributed by atoms with Crippen molar-refractivity contribution in [3.63, 3.8) is 0 Å². The van der Waals surface area contributed by atoms with Crippen LogP contribution in [0.5, 0.6) is 0 Å². The molecule has 1 atom stereocenters. The molecule has 1 N–H and O–H groups in total. The number of alkyl halides is 3. The van der Waals surface area contributed by atoms with Crippen LogP contribution < -0.4 is 5.32 Å². The molecule has 122 valence electrons. The van der Waals surface area contributed by atoms with Crippen LogP contribution >= 0.6 is 11.9 Å². The van der Waals surface area contributed by atoms with Gasteiger partial charge in [0.05, 0.1) is 11.6 Å². The van der Waals surface area contributed by atoms with E-state index in [2.05, 4.69) is 5.32 Å². The third kappa shape index (κ3) is 3.92. The van der Waals surface area contributed by atoms with Gasteiger partial charge in [-0.15, -0.1) is 0 Å². The molecule has 0 bridgehead atoms. The zero-order valence-electron chi connectivity index (χ0n) is 11.9. The van der Waals surface area contributed by atoms with Gasteiger partial charge >= 0.3 is 6.18 Å². The summed E-state index contributed by atoms with van der Waals surface area (Å²) >= 11 is 1.55. The Labute approximate surface area is 130 Å². The number of carbonyl (C=O) groups is 1. The fourth-order valence-corrected chi connectivity index (χ4v) is 3.48. The summed E-state index contributed by atoms with van der Waals surface area (Å²) < 4.78 is 53.6. The van der Waals surface area contributed by atoms with Crippen LogP contribution in [0.3, 0.4) is 0 Å². The van der Waals surface area contributed by atoms with Gasteiger partial charge in [0.1, 0.15) is 5.82 Å². The Hall–Kier alpha value is -1.28.